The average Bonchev–Trinajstić information content (AvgIpc) is 2.61. The van der Waals surface area contributed by atoms with Gasteiger partial charge in [0, 0.05) is 12.3 Å². The molecule has 0 unspecified atom stereocenters. The number of carbonyl (C=O) groups excluding carboxylic acids is 1. The maximum Gasteiger partial charge on any atom is 0.230 e. The first-order valence-electron chi connectivity index (χ1n) is 8.63. The van der Waals surface area contributed by atoms with Crippen LogP contribution in [0.1, 0.15) is 41.7 Å². The first-order valence-corrected chi connectivity index (χ1v) is 9.78. The summed E-state index contributed by atoms with van der Waals surface area (Å²) in [6.45, 7) is 7.03. The summed E-state index contributed by atoms with van der Waals surface area (Å²) >= 11 is 1.66. The van der Waals surface area contributed by atoms with Crippen molar-refractivity contribution in [3.8, 4) is 0 Å². The zero-order valence-electron chi connectivity index (χ0n) is 14.9. The molecule has 0 aliphatic carbocycles. The Balaban J connectivity index is 1.79. The molecule has 0 fully saturated rings. The molecule has 0 radical (unpaired) electrons. The standard InChI is InChI=1S/C21H27NOS/c1-4-17-10-11-19(5-2)20(12-17)13-22-21(23)15-24-14-18-8-6-16(3)7-9-18/h6-12H,4-5,13-15H2,1-3H3,(H,22,23). The van der Waals surface area contributed by atoms with Gasteiger partial charge in [-0.1, -0.05) is 61.9 Å². The number of aryl methyl sites for hydroxylation is 3. The summed E-state index contributed by atoms with van der Waals surface area (Å²) in [5, 5.41) is 3.06. The van der Waals surface area contributed by atoms with Crippen LogP contribution in [0.4, 0.5) is 0 Å². The molecule has 0 aliphatic heterocycles. The second kappa shape index (κ2) is 9.53. The maximum atomic E-state index is 12.1. The fourth-order valence-corrected chi connectivity index (χ4v) is 3.42. The quantitative estimate of drug-likeness (QED) is 0.756. The Morgan fingerprint density at radius 2 is 1.67 bits per heavy atom. The molecular weight excluding hydrogens is 314 g/mol. The number of hydrogen-bond donors (Lipinski definition) is 1. The molecule has 0 atom stereocenters. The highest BCUT2D eigenvalue weighted by atomic mass is 32.2. The number of hydrogen-bond acceptors (Lipinski definition) is 2. The number of carbonyl (C=O) groups is 1. The van der Waals surface area contributed by atoms with E-state index in [-0.39, 0.29) is 5.91 Å². The molecule has 2 aromatic rings. The lowest BCUT2D eigenvalue weighted by Crippen LogP contribution is -2.25. The van der Waals surface area contributed by atoms with Gasteiger partial charge in [0.1, 0.15) is 0 Å². The van der Waals surface area contributed by atoms with Crippen LogP contribution in [0.3, 0.4) is 0 Å². The van der Waals surface area contributed by atoms with Crippen LogP contribution in [-0.4, -0.2) is 11.7 Å². The highest BCUT2D eigenvalue weighted by molar-refractivity contribution is 7.99. The predicted octanol–water partition coefficient (Wildman–Crippen LogP) is 4.67. The fourth-order valence-electron chi connectivity index (χ4n) is 2.60. The van der Waals surface area contributed by atoms with Crippen LogP contribution in [0.25, 0.3) is 0 Å². The third-order valence-corrected chi connectivity index (χ3v) is 5.16. The van der Waals surface area contributed by atoms with Crippen LogP contribution < -0.4 is 5.32 Å². The zero-order chi connectivity index (χ0) is 17.4. The summed E-state index contributed by atoms with van der Waals surface area (Å²) in [7, 11) is 0. The molecule has 0 spiro atoms. The largest absolute Gasteiger partial charge is 0.351 e. The first kappa shape index (κ1) is 18.6. The van der Waals surface area contributed by atoms with Gasteiger partial charge in [-0.05, 0) is 42.0 Å². The Labute approximate surface area is 150 Å². The molecule has 0 bridgehead atoms. The summed E-state index contributed by atoms with van der Waals surface area (Å²) in [6.07, 6.45) is 2.02. The van der Waals surface area contributed by atoms with Crippen molar-refractivity contribution in [1.29, 1.82) is 0 Å². The van der Waals surface area contributed by atoms with Crippen molar-refractivity contribution >= 4 is 17.7 Å². The molecule has 24 heavy (non-hydrogen) atoms. The van der Waals surface area contributed by atoms with E-state index in [1.807, 2.05) is 0 Å². The van der Waals surface area contributed by atoms with Crippen molar-refractivity contribution in [2.24, 2.45) is 0 Å². The lowest BCUT2D eigenvalue weighted by molar-refractivity contribution is -0.118. The minimum absolute atomic E-state index is 0.107. The molecule has 2 rings (SSSR count). The minimum atomic E-state index is 0.107. The zero-order valence-corrected chi connectivity index (χ0v) is 15.7. The van der Waals surface area contributed by atoms with Gasteiger partial charge in [0.05, 0.1) is 5.75 Å². The van der Waals surface area contributed by atoms with E-state index < -0.39 is 0 Å². The third kappa shape index (κ3) is 5.72. The number of thioether (sulfide) groups is 1. The molecule has 0 saturated carbocycles. The van der Waals surface area contributed by atoms with E-state index in [0.717, 1.165) is 18.6 Å². The summed E-state index contributed by atoms with van der Waals surface area (Å²) in [4.78, 5) is 12.1. The van der Waals surface area contributed by atoms with Crippen molar-refractivity contribution in [2.75, 3.05) is 5.75 Å². The molecular formula is C21H27NOS. The molecule has 1 amide bonds. The van der Waals surface area contributed by atoms with E-state index in [4.69, 9.17) is 0 Å². The fraction of sp³-hybridized carbons (Fsp3) is 0.381. The Morgan fingerprint density at radius 1 is 0.958 bits per heavy atom. The Kier molecular flexibility index (Phi) is 7.38. The summed E-state index contributed by atoms with van der Waals surface area (Å²) in [5.41, 5.74) is 6.42. The number of benzene rings is 2. The van der Waals surface area contributed by atoms with Gasteiger partial charge in [0.15, 0.2) is 0 Å². The van der Waals surface area contributed by atoms with Crippen LogP contribution >= 0.6 is 11.8 Å². The van der Waals surface area contributed by atoms with Crippen molar-refractivity contribution < 1.29 is 4.79 Å². The SMILES string of the molecule is CCc1ccc(CC)c(CNC(=O)CSCc2ccc(C)cc2)c1. The van der Waals surface area contributed by atoms with E-state index in [9.17, 15) is 4.79 Å². The van der Waals surface area contributed by atoms with Crippen molar-refractivity contribution in [1.82, 2.24) is 5.32 Å². The van der Waals surface area contributed by atoms with Gasteiger partial charge in [-0.3, -0.25) is 4.79 Å². The van der Waals surface area contributed by atoms with E-state index in [2.05, 4.69) is 68.6 Å². The van der Waals surface area contributed by atoms with Gasteiger partial charge in [0.25, 0.3) is 0 Å². The first-order chi connectivity index (χ1) is 11.6. The van der Waals surface area contributed by atoms with Gasteiger partial charge in [-0.2, -0.15) is 0 Å². The van der Waals surface area contributed by atoms with Crippen LogP contribution in [-0.2, 0) is 29.9 Å². The molecule has 2 nitrogen and oxygen atoms in total. The number of nitrogens with one attached hydrogen (secondary N) is 1. The second-order valence-electron chi connectivity index (χ2n) is 6.07. The Morgan fingerprint density at radius 3 is 2.33 bits per heavy atom. The molecule has 0 saturated heterocycles. The van der Waals surface area contributed by atoms with Gasteiger partial charge in [-0.25, -0.2) is 0 Å². The van der Waals surface area contributed by atoms with Crippen LogP contribution in [0.2, 0.25) is 0 Å². The normalized spacial score (nSPS) is 10.6. The summed E-state index contributed by atoms with van der Waals surface area (Å²) in [5.74, 6) is 1.48. The molecule has 3 heteroatoms. The van der Waals surface area contributed by atoms with Crippen LogP contribution in [0.15, 0.2) is 42.5 Å². The van der Waals surface area contributed by atoms with Crippen molar-refractivity contribution in [2.45, 2.75) is 45.9 Å². The van der Waals surface area contributed by atoms with Crippen molar-refractivity contribution in [3.05, 3.63) is 70.3 Å². The summed E-state index contributed by atoms with van der Waals surface area (Å²) in [6, 6.07) is 15.1. The molecule has 128 valence electrons. The highest BCUT2D eigenvalue weighted by Crippen LogP contribution is 2.15. The molecule has 1 N–H and O–H groups in total. The van der Waals surface area contributed by atoms with Crippen molar-refractivity contribution in [3.63, 3.8) is 0 Å². The number of rotatable bonds is 8. The smallest absolute Gasteiger partial charge is 0.230 e. The van der Waals surface area contributed by atoms with Crippen LogP contribution in [0.5, 0.6) is 0 Å². The van der Waals surface area contributed by atoms with Gasteiger partial charge in [-0.15, -0.1) is 11.8 Å². The highest BCUT2D eigenvalue weighted by Gasteiger charge is 2.06. The Hall–Kier alpha value is -1.74. The average molecular weight is 342 g/mol. The monoisotopic (exact) mass is 341 g/mol. The van der Waals surface area contributed by atoms with Gasteiger partial charge in [0.2, 0.25) is 5.91 Å². The number of amides is 1. The predicted molar refractivity (Wildman–Crippen MR) is 104 cm³/mol. The van der Waals surface area contributed by atoms with Gasteiger partial charge >= 0.3 is 0 Å². The lowest BCUT2D eigenvalue weighted by atomic mass is 10.0. The second-order valence-corrected chi connectivity index (χ2v) is 7.05. The third-order valence-electron chi connectivity index (χ3n) is 4.16. The maximum absolute atomic E-state index is 12.1. The Bertz CT molecular complexity index is 664. The molecule has 2 aromatic carbocycles. The molecule has 0 aliphatic rings. The molecule has 0 aromatic heterocycles. The topological polar surface area (TPSA) is 29.1 Å². The van der Waals surface area contributed by atoms with E-state index >= 15 is 0 Å². The lowest BCUT2D eigenvalue weighted by Gasteiger charge is -2.11. The minimum Gasteiger partial charge on any atom is -0.351 e. The molecule has 0 heterocycles. The van der Waals surface area contributed by atoms with Gasteiger partial charge < -0.3 is 5.32 Å². The van der Waals surface area contributed by atoms with Crippen LogP contribution in [0, 0.1) is 6.92 Å². The summed E-state index contributed by atoms with van der Waals surface area (Å²) < 4.78 is 0. The van der Waals surface area contributed by atoms with E-state index in [1.54, 1.807) is 11.8 Å². The van der Waals surface area contributed by atoms with E-state index in [1.165, 1.54) is 27.8 Å². The van der Waals surface area contributed by atoms with E-state index in [0.29, 0.717) is 12.3 Å².